The topological polar surface area (TPSA) is 91.8 Å². The largest absolute Gasteiger partial charge is 0.336 e. The van der Waals surface area contributed by atoms with E-state index in [4.69, 9.17) is 0 Å². The lowest BCUT2D eigenvalue weighted by atomic mass is 10.2. The minimum Gasteiger partial charge on any atom is -0.336 e. The van der Waals surface area contributed by atoms with Crippen LogP contribution in [0.4, 0.5) is 4.39 Å². The molecule has 0 N–H and O–H groups in total. The van der Waals surface area contributed by atoms with Crippen LogP contribution in [0.1, 0.15) is 10.4 Å². The van der Waals surface area contributed by atoms with Gasteiger partial charge in [0.15, 0.2) is 9.84 Å². The van der Waals surface area contributed by atoms with Gasteiger partial charge in [-0.05, 0) is 42.5 Å². The summed E-state index contributed by atoms with van der Waals surface area (Å²) < 4.78 is 62.8. The van der Waals surface area contributed by atoms with Crippen molar-refractivity contribution in [1.82, 2.24) is 9.21 Å². The molecule has 1 aliphatic rings. The number of benzene rings is 2. The summed E-state index contributed by atoms with van der Waals surface area (Å²) in [4.78, 5) is 14.1. The normalized spacial score (nSPS) is 16.1. The number of piperazine rings is 1. The Morgan fingerprint density at radius 1 is 0.893 bits per heavy atom. The highest BCUT2D eigenvalue weighted by molar-refractivity contribution is 7.90. The van der Waals surface area contributed by atoms with Crippen LogP contribution in [-0.2, 0) is 19.9 Å². The van der Waals surface area contributed by atoms with E-state index in [1.54, 1.807) is 0 Å². The van der Waals surface area contributed by atoms with Crippen LogP contribution in [0.5, 0.6) is 0 Å². The van der Waals surface area contributed by atoms with Crippen LogP contribution in [0.3, 0.4) is 0 Å². The second-order valence-corrected chi connectivity index (χ2v) is 10.4. The Hall–Kier alpha value is -2.30. The molecule has 0 spiro atoms. The Morgan fingerprint density at radius 2 is 1.50 bits per heavy atom. The van der Waals surface area contributed by atoms with E-state index in [1.807, 2.05) is 0 Å². The highest BCUT2D eigenvalue weighted by atomic mass is 32.2. The smallest absolute Gasteiger partial charge is 0.253 e. The Morgan fingerprint density at radius 3 is 2.04 bits per heavy atom. The van der Waals surface area contributed by atoms with Gasteiger partial charge in [0.1, 0.15) is 5.82 Å². The number of carbonyl (C=O) groups excluding carboxylic acids is 1. The average molecular weight is 426 g/mol. The van der Waals surface area contributed by atoms with Gasteiger partial charge in [0.2, 0.25) is 10.0 Å². The van der Waals surface area contributed by atoms with Crippen molar-refractivity contribution < 1.29 is 26.0 Å². The summed E-state index contributed by atoms with van der Waals surface area (Å²) in [6, 6.07) is 10.4. The number of hydrogen-bond acceptors (Lipinski definition) is 5. The summed E-state index contributed by atoms with van der Waals surface area (Å²) in [5.74, 6) is -0.935. The maximum atomic E-state index is 13.3. The first kappa shape index (κ1) is 20.4. The third kappa shape index (κ3) is 4.23. The zero-order valence-corrected chi connectivity index (χ0v) is 16.7. The van der Waals surface area contributed by atoms with Crippen molar-refractivity contribution in [3.63, 3.8) is 0 Å². The van der Waals surface area contributed by atoms with Crippen LogP contribution in [-0.4, -0.2) is 64.4 Å². The number of sulfone groups is 1. The number of halogens is 1. The van der Waals surface area contributed by atoms with E-state index < -0.39 is 25.7 Å². The van der Waals surface area contributed by atoms with E-state index in [0.717, 1.165) is 12.3 Å². The van der Waals surface area contributed by atoms with Crippen molar-refractivity contribution in [2.75, 3.05) is 32.4 Å². The van der Waals surface area contributed by atoms with Crippen molar-refractivity contribution in [2.45, 2.75) is 9.79 Å². The van der Waals surface area contributed by atoms with Gasteiger partial charge in [-0.3, -0.25) is 4.79 Å². The fourth-order valence-electron chi connectivity index (χ4n) is 2.94. The molecule has 0 saturated carbocycles. The van der Waals surface area contributed by atoms with E-state index in [-0.39, 0.29) is 41.9 Å². The highest BCUT2D eigenvalue weighted by Crippen LogP contribution is 2.19. The molecule has 1 aliphatic heterocycles. The first-order valence-corrected chi connectivity index (χ1v) is 11.8. The number of rotatable bonds is 4. The number of amides is 1. The molecule has 1 heterocycles. The van der Waals surface area contributed by atoms with E-state index in [9.17, 15) is 26.0 Å². The molecule has 1 fully saturated rings. The molecule has 0 aliphatic carbocycles. The molecular formula is C18H19FN2O5S2. The molecule has 2 aromatic rings. The standard InChI is InChI=1S/C18H19FN2O5S2/c1-27(23,24)16-7-5-14(6-8-16)18(22)20-9-11-21(12-10-20)28(25,26)17-4-2-3-15(19)13-17/h2-8,13H,9-12H2,1H3. The van der Waals surface area contributed by atoms with E-state index >= 15 is 0 Å². The van der Waals surface area contributed by atoms with Crippen LogP contribution in [0.25, 0.3) is 0 Å². The number of carbonyl (C=O) groups is 1. The van der Waals surface area contributed by atoms with Crippen LogP contribution >= 0.6 is 0 Å². The highest BCUT2D eigenvalue weighted by Gasteiger charge is 2.30. The Balaban J connectivity index is 1.69. The van der Waals surface area contributed by atoms with Gasteiger partial charge in [0.05, 0.1) is 9.79 Å². The van der Waals surface area contributed by atoms with Gasteiger partial charge in [-0.15, -0.1) is 0 Å². The number of hydrogen-bond donors (Lipinski definition) is 0. The fourth-order valence-corrected chi connectivity index (χ4v) is 5.02. The van der Waals surface area contributed by atoms with Crippen molar-refractivity contribution in [1.29, 1.82) is 0 Å². The third-order valence-corrected chi connectivity index (χ3v) is 7.51. The molecule has 7 nitrogen and oxygen atoms in total. The van der Waals surface area contributed by atoms with Gasteiger partial charge in [0.25, 0.3) is 5.91 Å². The quantitative estimate of drug-likeness (QED) is 0.737. The monoisotopic (exact) mass is 426 g/mol. The van der Waals surface area contributed by atoms with Gasteiger partial charge < -0.3 is 4.90 Å². The average Bonchev–Trinajstić information content (AvgIpc) is 2.67. The van der Waals surface area contributed by atoms with Crippen molar-refractivity contribution in [2.24, 2.45) is 0 Å². The molecule has 28 heavy (non-hydrogen) atoms. The summed E-state index contributed by atoms with van der Waals surface area (Å²) in [5, 5.41) is 0. The maximum Gasteiger partial charge on any atom is 0.253 e. The second kappa shape index (κ2) is 7.61. The first-order valence-electron chi connectivity index (χ1n) is 8.44. The molecule has 1 amide bonds. The SMILES string of the molecule is CS(=O)(=O)c1ccc(C(=O)N2CCN(S(=O)(=O)c3cccc(F)c3)CC2)cc1. The Bertz CT molecular complexity index is 1090. The molecule has 0 atom stereocenters. The number of nitrogens with zero attached hydrogens (tertiary/aromatic N) is 2. The second-order valence-electron chi connectivity index (χ2n) is 6.45. The zero-order chi connectivity index (χ0) is 20.5. The van der Waals surface area contributed by atoms with E-state index in [1.165, 1.54) is 51.7 Å². The van der Waals surface area contributed by atoms with Gasteiger partial charge >= 0.3 is 0 Å². The van der Waals surface area contributed by atoms with Crippen LogP contribution in [0, 0.1) is 5.82 Å². The molecule has 3 rings (SSSR count). The minimum atomic E-state index is -3.83. The van der Waals surface area contributed by atoms with Crippen molar-refractivity contribution >= 4 is 25.8 Å². The summed E-state index contributed by atoms with van der Waals surface area (Å²) in [6.45, 7) is 0.542. The van der Waals surface area contributed by atoms with Gasteiger partial charge in [-0.2, -0.15) is 4.31 Å². The molecule has 0 bridgehead atoms. The molecule has 0 radical (unpaired) electrons. The summed E-state index contributed by atoms with van der Waals surface area (Å²) in [6.07, 6.45) is 1.09. The molecular weight excluding hydrogens is 407 g/mol. The van der Waals surface area contributed by atoms with Crippen molar-refractivity contribution in [3.8, 4) is 0 Å². The summed E-state index contributed by atoms with van der Waals surface area (Å²) >= 11 is 0. The molecule has 10 heteroatoms. The fraction of sp³-hybridized carbons (Fsp3) is 0.278. The molecule has 1 saturated heterocycles. The Kier molecular flexibility index (Phi) is 5.55. The lowest BCUT2D eigenvalue weighted by molar-refractivity contribution is 0.0698. The Labute approximate surface area is 163 Å². The van der Waals surface area contributed by atoms with Crippen LogP contribution in [0.15, 0.2) is 58.3 Å². The van der Waals surface area contributed by atoms with Gasteiger partial charge in [0, 0.05) is 38.0 Å². The van der Waals surface area contributed by atoms with Gasteiger partial charge in [-0.1, -0.05) is 6.07 Å². The van der Waals surface area contributed by atoms with Crippen LogP contribution in [0.2, 0.25) is 0 Å². The van der Waals surface area contributed by atoms with E-state index in [2.05, 4.69) is 0 Å². The van der Waals surface area contributed by atoms with Crippen molar-refractivity contribution in [3.05, 3.63) is 59.9 Å². The molecule has 150 valence electrons. The predicted octanol–water partition coefficient (Wildman–Crippen LogP) is 1.38. The molecule has 0 aromatic heterocycles. The molecule has 2 aromatic carbocycles. The third-order valence-electron chi connectivity index (χ3n) is 4.49. The maximum absolute atomic E-state index is 13.3. The molecule has 0 unspecified atom stereocenters. The lowest BCUT2D eigenvalue weighted by Gasteiger charge is -2.34. The summed E-state index contributed by atoms with van der Waals surface area (Å²) in [7, 11) is -7.18. The summed E-state index contributed by atoms with van der Waals surface area (Å²) in [5.41, 5.74) is 0.328. The zero-order valence-electron chi connectivity index (χ0n) is 15.1. The van der Waals surface area contributed by atoms with Crippen LogP contribution < -0.4 is 0 Å². The first-order chi connectivity index (χ1) is 13.1. The van der Waals surface area contributed by atoms with E-state index in [0.29, 0.717) is 5.56 Å². The predicted molar refractivity (Wildman–Crippen MR) is 101 cm³/mol. The minimum absolute atomic E-state index is 0.0893. The van der Waals surface area contributed by atoms with Gasteiger partial charge in [-0.25, -0.2) is 21.2 Å². The lowest BCUT2D eigenvalue weighted by Crippen LogP contribution is -2.50. The number of sulfonamides is 1.